The van der Waals surface area contributed by atoms with E-state index in [0.29, 0.717) is 37.6 Å². The fourth-order valence-corrected chi connectivity index (χ4v) is 4.53. The first-order valence-corrected chi connectivity index (χ1v) is 10.0. The van der Waals surface area contributed by atoms with Crippen molar-refractivity contribution in [2.75, 3.05) is 51.3 Å². The minimum absolute atomic E-state index is 0.156. The number of benzene rings is 1. The van der Waals surface area contributed by atoms with Crippen LogP contribution in [0, 0.1) is 6.92 Å². The van der Waals surface area contributed by atoms with Crippen molar-refractivity contribution in [2.24, 2.45) is 0 Å². The van der Waals surface area contributed by atoms with E-state index in [9.17, 15) is 13.2 Å². The minimum atomic E-state index is -3.56. The maximum Gasteiger partial charge on any atom is 0.243 e. The van der Waals surface area contributed by atoms with Crippen molar-refractivity contribution < 1.29 is 17.9 Å². The van der Waals surface area contributed by atoms with E-state index < -0.39 is 10.0 Å². The van der Waals surface area contributed by atoms with Gasteiger partial charge in [-0.15, -0.1) is 0 Å². The average molecular weight is 369 g/mol. The van der Waals surface area contributed by atoms with Crippen LogP contribution in [0.5, 0.6) is 0 Å². The summed E-state index contributed by atoms with van der Waals surface area (Å²) in [5.74, 6) is -0.156. The van der Waals surface area contributed by atoms with E-state index in [1.165, 1.54) is 4.31 Å². The van der Waals surface area contributed by atoms with Gasteiger partial charge in [0.15, 0.2) is 0 Å². The molecule has 1 amide bonds. The molecule has 7 nitrogen and oxygen atoms in total. The van der Waals surface area contributed by atoms with Crippen LogP contribution in [0.2, 0.25) is 0 Å². The van der Waals surface area contributed by atoms with Gasteiger partial charge < -0.3 is 10.1 Å². The second-order valence-electron chi connectivity index (χ2n) is 6.01. The molecule has 0 bridgehead atoms. The Hall–Kier alpha value is -1.48. The molecule has 1 aromatic carbocycles. The highest BCUT2D eigenvalue weighted by molar-refractivity contribution is 7.89. The molecule has 25 heavy (non-hydrogen) atoms. The van der Waals surface area contributed by atoms with Crippen molar-refractivity contribution in [3.63, 3.8) is 0 Å². The summed E-state index contributed by atoms with van der Waals surface area (Å²) in [6.07, 6.45) is 0. The summed E-state index contributed by atoms with van der Waals surface area (Å²) < 4.78 is 32.2. The second-order valence-corrected chi connectivity index (χ2v) is 7.91. The van der Waals surface area contributed by atoms with Crippen LogP contribution in [0.15, 0.2) is 23.1 Å². The zero-order valence-electron chi connectivity index (χ0n) is 15.1. The monoisotopic (exact) mass is 369 g/mol. The number of aryl methyl sites for hydroxylation is 1. The van der Waals surface area contributed by atoms with E-state index in [2.05, 4.69) is 5.32 Å². The third-order valence-electron chi connectivity index (χ3n) is 4.27. The first kappa shape index (κ1) is 19.8. The Morgan fingerprint density at radius 1 is 1.24 bits per heavy atom. The van der Waals surface area contributed by atoms with Crippen LogP contribution in [0.25, 0.3) is 0 Å². The lowest BCUT2D eigenvalue weighted by atomic mass is 10.2. The number of ether oxygens (including phenoxy) is 1. The molecule has 0 aromatic heterocycles. The molecule has 1 aliphatic rings. The van der Waals surface area contributed by atoms with Gasteiger partial charge in [-0.2, -0.15) is 4.31 Å². The van der Waals surface area contributed by atoms with Crippen molar-refractivity contribution in [2.45, 2.75) is 25.7 Å². The molecule has 1 heterocycles. The molecule has 2 rings (SSSR count). The maximum absolute atomic E-state index is 12.8. The normalized spacial score (nSPS) is 16.2. The van der Waals surface area contributed by atoms with Gasteiger partial charge in [0.2, 0.25) is 15.9 Å². The van der Waals surface area contributed by atoms with Gasteiger partial charge in [-0.3, -0.25) is 9.69 Å². The van der Waals surface area contributed by atoms with Crippen LogP contribution in [0.4, 0.5) is 5.69 Å². The van der Waals surface area contributed by atoms with E-state index in [1.807, 2.05) is 18.7 Å². The summed E-state index contributed by atoms with van der Waals surface area (Å²) in [5.41, 5.74) is 1.16. The molecule has 0 atom stereocenters. The molecule has 0 saturated carbocycles. The van der Waals surface area contributed by atoms with Crippen LogP contribution >= 0.6 is 0 Å². The molecule has 0 radical (unpaired) electrons. The first-order valence-electron chi connectivity index (χ1n) is 8.59. The number of amides is 1. The minimum Gasteiger partial charge on any atom is -0.379 e. The molecular formula is C17H27N3O4S. The summed E-state index contributed by atoms with van der Waals surface area (Å²) in [7, 11) is -3.56. The van der Waals surface area contributed by atoms with Crippen LogP contribution in [0.3, 0.4) is 0 Å². The quantitative estimate of drug-likeness (QED) is 0.784. The van der Waals surface area contributed by atoms with Gasteiger partial charge in [0.05, 0.1) is 24.7 Å². The average Bonchev–Trinajstić information content (AvgIpc) is 2.58. The number of nitrogens with one attached hydrogen (secondary N) is 1. The maximum atomic E-state index is 12.8. The number of carbonyl (C=O) groups is 1. The molecule has 0 unspecified atom stereocenters. The SMILES string of the molecule is CCN(CC)S(=O)(=O)c1cc(NC(=O)CN2CCOCC2)ccc1C. The van der Waals surface area contributed by atoms with Crippen molar-refractivity contribution in [1.82, 2.24) is 9.21 Å². The molecule has 0 spiro atoms. The fourth-order valence-electron chi connectivity index (χ4n) is 2.82. The lowest BCUT2D eigenvalue weighted by Crippen LogP contribution is -2.41. The van der Waals surface area contributed by atoms with Gasteiger partial charge in [0.1, 0.15) is 0 Å². The highest BCUT2D eigenvalue weighted by atomic mass is 32.2. The van der Waals surface area contributed by atoms with Crippen LogP contribution in [-0.2, 0) is 19.6 Å². The predicted octanol–water partition coefficient (Wildman–Crippen LogP) is 1.30. The van der Waals surface area contributed by atoms with Gasteiger partial charge >= 0.3 is 0 Å². The molecule has 1 N–H and O–H groups in total. The van der Waals surface area contributed by atoms with Gasteiger partial charge in [0, 0.05) is 31.9 Å². The van der Waals surface area contributed by atoms with Gasteiger partial charge in [-0.1, -0.05) is 19.9 Å². The molecule has 1 aromatic rings. The zero-order valence-corrected chi connectivity index (χ0v) is 15.9. The van der Waals surface area contributed by atoms with Gasteiger partial charge in [-0.25, -0.2) is 8.42 Å². The number of sulfonamides is 1. The topological polar surface area (TPSA) is 79.0 Å². The van der Waals surface area contributed by atoms with Gasteiger partial charge in [0.25, 0.3) is 0 Å². The van der Waals surface area contributed by atoms with E-state index in [0.717, 1.165) is 13.1 Å². The highest BCUT2D eigenvalue weighted by Crippen LogP contribution is 2.23. The zero-order chi connectivity index (χ0) is 18.4. The van der Waals surface area contributed by atoms with E-state index in [4.69, 9.17) is 4.74 Å². The summed E-state index contributed by atoms with van der Waals surface area (Å²) in [5, 5.41) is 2.80. The largest absolute Gasteiger partial charge is 0.379 e. The standard InChI is InChI=1S/C17H27N3O4S/c1-4-20(5-2)25(22,23)16-12-15(7-6-14(16)3)18-17(21)13-19-8-10-24-11-9-19/h6-7,12H,4-5,8-11,13H2,1-3H3,(H,18,21). The van der Waals surface area contributed by atoms with E-state index in [1.54, 1.807) is 25.1 Å². The Labute approximate surface area is 150 Å². The lowest BCUT2D eigenvalue weighted by Gasteiger charge is -2.26. The molecule has 1 aliphatic heterocycles. The summed E-state index contributed by atoms with van der Waals surface area (Å²) in [6, 6.07) is 4.99. The third-order valence-corrected chi connectivity index (χ3v) is 6.46. The van der Waals surface area contributed by atoms with Crippen molar-refractivity contribution in [1.29, 1.82) is 0 Å². The molecular weight excluding hydrogens is 342 g/mol. The van der Waals surface area contributed by atoms with E-state index in [-0.39, 0.29) is 17.3 Å². The first-order chi connectivity index (χ1) is 11.9. The Morgan fingerprint density at radius 3 is 2.48 bits per heavy atom. The lowest BCUT2D eigenvalue weighted by molar-refractivity contribution is -0.118. The summed E-state index contributed by atoms with van der Waals surface area (Å²) in [4.78, 5) is 14.5. The summed E-state index contributed by atoms with van der Waals surface area (Å²) >= 11 is 0. The van der Waals surface area contributed by atoms with Crippen LogP contribution in [-0.4, -0.2) is 69.5 Å². The smallest absolute Gasteiger partial charge is 0.243 e. The molecule has 140 valence electrons. The van der Waals surface area contributed by atoms with E-state index >= 15 is 0 Å². The number of rotatable bonds is 7. The van der Waals surface area contributed by atoms with Crippen LogP contribution < -0.4 is 5.32 Å². The number of hydrogen-bond donors (Lipinski definition) is 1. The highest BCUT2D eigenvalue weighted by Gasteiger charge is 2.24. The molecule has 8 heteroatoms. The third kappa shape index (κ3) is 5.01. The molecule has 1 fully saturated rings. The van der Waals surface area contributed by atoms with Crippen molar-refractivity contribution in [3.05, 3.63) is 23.8 Å². The molecule has 0 aliphatic carbocycles. The predicted molar refractivity (Wildman–Crippen MR) is 97.2 cm³/mol. The number of nitrogens with zero attached hydrogens (tertiary/aromatic N) is 2. The number of anilines is 1. The van der Waals surface area contributed by atoms with Crippen LogP contribution in [0.1, 0.15) is 19.4 Å². The Balaban J connectivity index is 2.14. The van der Waals surface area contributed by atoms with Crippen molar-refractivity contribution in [3.8, 4) is 0 Å². The Bertz CT molecular complexity index is 696. The Kier molecular flexibility index (Phi) is 6.95. The Morgan fingerprint density at radius 2 is 1.88 bits per heavy atom. The number of morpholine rings is 1. The fraction of sp³-hybridized carbons (Fsp3) is 0.588. The summed E-state index contributed by atoms with van der Waals surface area (Å²) in [6.45, 7) is 9.18. The number of carbonyl (C=O) groups excluding carboxylic acids is 1. The number of hydrogen-bond acceptors (Lipinski definition) is 5. The second kappa shape index (κ2) is 8.75. The molecule has 1 saturated heterocycles. The van der Waals surface area contributed by atoms with Gasteiger partial charge in [-0.05, 0) is 24.6 Å². The van der Waals surface area contributed by atoms with Crippen molar-refractivity contribution >= 4 is 21.6 Å².